The van der Waals surface area contributed by atoms with Crippen LogP contribution in [-0.2, 0) is 15.3 Å². The van der Waals surface area contributed by atoms with Gasteiger partial charge in [0.05, 0.1) is 18.5 Å². The van der Waals surface area contributed by atoms with Crippen LogP contribution >= 0.6 is 0 Å². The molecule has 0 aromatic heterocycles. The third-order valence-electron chi connectivity index (χ3n) is 3.49. The van der Waals surface area contributed by atoms with E-state index in [9.17, 15) is 14.0 Å². The van der Waals surface area contributed by atoms with Crippen LogP contribution in [0, 0.1) is 5.41 Å². The molecule has 4 nitrogen and oxygen atoms in total. The molecule has 1 aliphatic rings. The van der Waals surface area contributed by atoms with Crippen LogP contribution in [0.2, 0.25) is 0 Å². The van der Waals surface area contributed by atoms with Crippen molar-refractivity contribution in [1.29, 1.82) is 0 Å². The number of hydrogen-bond acceptors (Lipinski definition) is 4. The fraction of sp³-hybridized carbons (Fsp3) is 0.500. The Kier molecular flexibility index (Phi) is 3.89. The molecule has 1 aliphatic heterocycles. The predicted molar refractivity (Wildman–Crippen MR) is 76.4 cm³/mol. The summed E-state index contributed by atoms with van der Waals surface area (Å²) in [5, 5.41) is 1.33. The Bertz CT molecular complexity index is 554. The summed E-state index contributed by atoms with van der Waals surface area (Å²) in [6, 6.07) is 6.45. The lowest BCUT2D eigenvalue weighted by atomic mass is 9.89. The summed E-state index contributed by atoms with van der Waals surface area (Å²) in [6.07, 6.45) is 0. The molecule has 0 atom stereocenters. The van der Waals surface area contributed by atoms with Crippen LogP contribution in [0.3, 0.4) is 0 Å². The standard InChI is InChI=1S/C16H20FNO3/c1-11(19)12-5-7-13(8-6-12)16(17)9-18(10-16)21-14(20)15(2,3)4/h5-8H,9-10H2,1-4H3. The predicted octanol–water partition coefficient (Wildman–Crippen LogP) is 2.87. The minimum absolute atomic E-state index is 0.00817. The number of hydroxylamine groups is 2. The Morgan fingerprint density at radius 3 is 2.14 bits per heavy atom. The molecule has 1 fully saturated rings. The lowest BCUT2D eigenvalue weighted by Crippen LogP contribution is -2.57. The first-order valence-corrected chi connectivity index (χ1v) is 6.89. The molecule has 114 valence electrons. The smallest absolute Gasteiger partial charge is 0.330 e. The highest BCUT2D eigenvalue weighted by atomic mass is 19.1. The maximum Gasteiger partial charge on any atom is 0.330 e. The van der Waals surface area contributed by atoms with Gasteiger partial charge in [0.25, 0.3) is 0 Å². The molecule has 1 aromatic rings. The molecule has 21 heavy (non-hydrogen) atoms. The van der Waals surface area contributed by atoms with Gasteiger partial charge >= 0.3 is 5.97 Å². The number of nitrogens with zero attached hydrogens (tertiary/aromatic N) is 1. The molecule has 5 heteroatoms. The molecule has 1 saturated heterocycles. The van der Waals surface area contributed by atoms with Gasteiger partial charge in [-0.3, -0.25) is 4.79 Å². The Hall–Kier alpha value is -1.75. The first-order chi connectivity index (χ1) is 9.62. The van der Waals surface area contributed by atoms with E-state index in [1.54, 1.807) is 45.0 Å². The van der Waals surface area contributed by atoms with Gasteiger partial charge in [0.1, 0.15) is 0 Å². The molecule has 1 aromatic carbocycles. The molecule has 0 spiro atoms. The van der Waals surface area contributed by atoms with Gasteiger partial charge in [-0.2, -0.15) is 0 Å². The van der Waals surface area contributed by atoms with Gasteiger partial charge in [0.2, 0.25) is 0 Å². The first-order valence-electron chi connectivity index (χ1n) is 6.89. The van der Waals surface area contributed by atoms with Crippen molar-refractivity contribution in [1.82, 2.24) is 5.06 Å². The van der Waals surface area contributed by atoms with Crippen LogP contribution in [0.5, 0.6) is 0 Å². The number of ketones is 1. The van der Waals surface area contributed by atoms with E-state index in [-0.39, 0.29) is 24.8 Å². The van der Waals surface area contributed by atoms with Crippen molar-refractivity contribution in [3.8, 4) is 0 Å². The minimum Gasteiger partial charge on any atom is -0.367 e. The lowest BCUT2D eigenvalue weighted by Gasteiger charge is -2.43. The van der Waals surface area contributed by atoms with E-state index in [0.717, 1.165) is 0 Å². The van der Waals surface area contributed by atoms with Crippen molar-refractivity contribution in [2.45, 2.75) is 33.4 Å². The zero-order valence-electron chi connectivity index (χ0n) is 12.8. The largest absolute Gasteiger partial charge is 0.367 e. The molecule has 0 aliphatic carbocycles. The number of alkyl halides is 1. The van der Waals surface area contributed by atoms with Crippen molar-refractivity contribution in [3.05, 3.63) is 35.4 Å². The Balaban J connectivity index is 1.98. The summed E-state index contributed by atoms with van der Waals surface area (Å²) in [6.45, 7) is 6.73. The van der Waals surface area contributed by atoms with Crippen molar-refractivity contribution >= 4 is 11.8 Å². The Labute approximate surface area is 123 Å². The maximum atomic E-state index is 14.7. The second-order valence-corrected chi connectivity index (χ2v) is 6.53. The van der Waals surface area contributed by atoms with Crippen LogP contribution in [0.4, 0.5) is 4.39 Å². The van der Waals surface area contributed by atoms with Gasteiger partial charge in [-0.15, -0.1) is 5.06 Å². The van der Waals surface area contributed by atoms with Gasteiger partial charge in [0, 0.05) is 5.56 Å². The Morgan fingerprint density at radius 2 is 1.71 bits per heavy atom. The summed E-state index contributed by atoms with van der Waals surface area (Å²) in [5.74, 6) is -0.430. The fourth-order valence-electron chi connectivity index (χ4n) is 2.02. The van der Waals surface area contributed by atoms with Crippen LogP contribution in [0.15, 0.2) is 24.3 Å². The van der Waals surface area contributed by atoms with Crippen LogP contribution in [-0.4, -0.2) is 29.9 Å². The second kappa shape index (κ2) is 5.22. The molecule has 0 bridgehead atoms. The fourth-order valence-corrected chi connectivity index (χ4v) is 2.02. The molecule has 0 amide bonds. The molecular formula is C16H20FNO3. The number of benzene rings is 1. The van der Waals surface area contributed by atoms with Crippen LogP contribution in [0.1, 0.15) is 43.6 Å². The van der Waals surface area contributed by atoms with E-state index in [4.69, 9.17) is 4.84 Å². The third kappa shape index (κ3) is 3.29. The molecule has 2 rings (SSSR count). The number of hydrogen-bond donors (Lipinski definition) is 0. The number of carbonyl (C=O) groups excluding carboxylic acids is 2. The van der Waals surface area contributed by atoms with Gasteiger partial charge in [-0.1, -0.05) is 24.3 Å². The third-order valence-corrected chi connectivity index (χ3v) is 3.49. The monoisotopic (exact) mass is 293 g/mol. The van der Waals surface area contributed by atoms with Crippen molar-refractivity contribution in [2.24, 2.45) is 5.41 Å². The van der Waals surface area contributed by atoms with E-state index in [0.29, 0.717) is 11.1 Å². The van der Waals surface area contributed by atoms with Gasteiger partial charge in [-0.25, -0.2) is 9.18 Å². The molecule has 0 unspecified atom stereocenters. The molecule has 0 N–H and O–H groups in total. The number of carbonyl (C=O) groups is 2. The highest BCUT2D eigenvalue weighted by Gasteiger charge is 2.48. The van der Waals surface area contributed by atoms with Gasteiger partial charge in [0.15, 0.2) is 11.5 Å². The van der Waals surface area contributed by atoms with E-state index in [1.165, 1.54) is 12.0 Å². The van der Waals surface area contributed by atoms with Crippen molar-refractivity contribution < 1.29 is 18.8 Å². The van der Waals surface area contributed by atoms with E-state index in [1.807, 2.05) is 0 Å². The van der Waals surface area contributed by atoms with E-state index < -0.39 is 11.1 Å². The summed E-state index contributed by atoms with van der Waals surface area (Å²) >= 11 is 0. The van der Waals surface area contributed by atoms with Crippen molar-refractivity contribution in [2.75, 3.05) is 13.1 Å². The maximum absolute atomic E-state index is 14.7. The lowest BCUT2D eigenvalue weighted by molar-refractivity contribution is -0.252. The molecule has 1 heterocycles. The zero-order valence-corrected chi connectivity index (χ0v) is 12.8. The van der Waals surface area contributed by atoms with E-state index >= 15 is 0 Å². The average molecular weight is 293 g/mol. The Morgan fingerprint density at radius 1 is 1.19 bits per heavy atom. The van der Waals surface area contributed by atoms with Crippen molar-refractivity contribution in [3.63, 3.8) is 0 Å². The molecule has 0 radical (unpaired) electrons. The van der Waals surface area contributed by atoms with E-state index in [2.05, 4.69) is 0 Å². The van der Waals surface area contributed by atoms with Crippen LogP contribution in [0.25, 0.3) is 0 Å². The highest BCUT2D eigenvalue weighted by molar-refractivity contribution is 5.94. The van der Waals surface area contributed by atoms with Crippen LogP contribution < -0.4 is 0 Å². The SMILES string of the molecule is CC(=O)c1ccc(C2(F)CN(OC(=O)C(C)(C)C)C2)cc1. The zero-order chi connectivity index (χ0) is 15.8. The molecule has 0 saturated carbocycles. The minimum atomic E-state index is -1.53. The normalized spacial score (nSPS) is 18.0. The highest BCUT2D eigenvalue weighted by Crippen LogP contribution is 2.37. The summed E-state index contributed by atoms with van der Waals surface area (Å²) < 4.78 is 14.7. The first kappa shape index (κ1) is 15.6. The topological polar surface area (TPSA) is 46.6 Å². The summed E-state index contributed by atoms with van der Waals surface area (Å²) in [7, 11) is 0. The van der Waals surface area contributed by atoms with Gasteiger partial charge < -0.3 is 4.84 Å². The summed E-state index contributed by atoms with van der Waals surface area (Å²) in [5.41, 5.74) is -1.10. The number of halogens is 1. The van der Waals surface area contributed by atoms with Gasteiger partial charge in [-0.05, 0) is 33.3 Å². The quantitative estimate of drug-likeness (QED) is 0.804. The second-order valence-electron chi connectivity index (χ2n) is 6.53. The molecular weight excluding hydrogens is 273 g/mol. The number of rotatable bonds is 3. The summed E-state index contributed by atoms with van der Waals surface area (Å²) in [4.78, 5) is 28.0. The number of Topliss-reactive ketones (excluding diaryl/α,β-unsaturated/α-hetero) is 1. The average Bonchev–Trinajstić information content (AvgIpc) is 2.35.